The second-order valence-electron chi connectivity index (χ2n) is 2.93. The maximum Gasteiger partial charge on any atom is 0.256 e. The van der Waals surface area contributed by atoms with E-state index in [1.54, 1.807) is 6.08 Å². The van der Waals surface area contributed by atoms with Gasteiger partial charge in [0.1, 0.15) is 5.57 Å². The van der Waals surface area contributed by atoms with Crippen LogP contribution in [0.5, 0.6) is 0 Å². The van der Waals surface area contributed by atoms with Gasteiger partial charge in [0.15, 0.2) is 0 Å². The van der Waals surface area contributed by atoms with Crippen molar-refractivity contribution in [3.63, 3.8) is 0 Å². The normalized spacial score (nSPS) is 14.4. The molecule has 0 aliphatic heterocycles. The van der Waals surface area contributed by atoms with Gasteiger partial charge in [-0.2, -0.15) is 0 Å². The highest BCUT2D eigenvalue weighted by Crippen LogP contribution is 2.21. The minimum Gasteiger partial charge on any atom is -0.481 e. The molecule has 0 radical (unpaired) electrons. The number of allylic oxidation sites excluding steroid dienone is 3. The third kappa shape index (κ3) is 2.73. The van der Waals surface area contributed by atoms with Crippen molar-refractivity contribution in [2.75, 3.05) is 13.7 Å². The molecule has 0 fully saturated rings. The van der Waals surface area contributed by atoms with Crippen LogP contribution in [0.4, 0.5) is 0 Å². The van der Waals surface area contributed by atoms with Crippen LogP contribution in [0.2, 0.25) is 0 Å². The van der Waals surface area contributed by atoms with Crippen LogP contribution in [0, 0.1) is 5.41 Å². The van der Waals surface area contributed by atoms with Crippen LogP contribution >= 0.6 is 0 Å². The van der Waals surface area contributed by atoms with Gasteiger partial charge in [-0.1, -0.05) is 6.08 Å². The molecule has 0 bridgehead atoms. The van der Waals surface area contributed by atoms with E-state index in [2.05, 4.69) is 5.32 Å². The van der Waals surface area contributed by atoms with E-state index in [1.807, 2.05) is 13.0 Å². The van der Waals surface area contributed by atoms with Crippen molar-refractivity contribution in [1.82, 2.24) is 5.32 Å². The first-order valence-corrected chi connectivity index (χ1v) is 4.50. The minimum atomic E-state index is -0.257. The molecule has 0 aromatic carbocycles. The van der Waals surface area contributed by atoms with Gasteiger partial charge < -0.3 is 10.1 Å². The molecule has 0 heterocycles. The molecule has 1 amide bonds. The zero-order valence-corrected chi connectivity index (χ0v) is 8.39. The van der Waals surface area contributed by atoms with Crippen molar-refractivity contribution < 1.29 is 9.53 Å². The summed E-state index contributed by atoms with van der Waals surface area (Å²) in [6, 6.07) is 0. The van der Waals surface area contributed by atoms with Crippen molar-refractivity contribution in [2.45, 2.75) is 13.3 Å². The first-order chi connectivity index (χ1) is 6.69. The third-order valence-corrected chi connectivity index (χ3v) is 1.80. The standard InChI is InChI=1S/C10H14N2O2/c1-3-12-10(13)8(9(11)14-2)6-7-4-5-7/h4,6,11H,3,5H2,1-2H3,(H,12,13)/b8-6+,11-9?. The van der Waals surface area contributed by atoms with E-state index in [0.717, 1.165) is 12.0 Å². The lowest BCUT2D eigenvalue weighted by atomic mass is 10.2. The van der Waals surface area contributed by atoms with Gasteiger partial charge >= 0.3 is 0 Å². The van der Waals surface area contributed by atoms with Crippen molar-refractivity contribution in [3.05, 3.63) is 23.3 Å². The summed E-state index contributed by atoms with van der Waals surface area (Å²) in [4.78, 5) is 11.5. The number of hydrogen-bond donors (Lipinski definition) is 2. The van der Waals surface area contributed by atoms with Crippen LogP contribution in [-0.4, -0.2) is 25.5 Å². The maximum absolute atomic E-state index is 11.5. The molecule has 0 aromatic heterocycles. The Balaban J connectivity index is 2.75. The Morgan fingerprint density at radius 3 is 2.86 bits per heavy atom. The Hall–Kier alpha value is -1.58. The number of carbonyl (C=O) groups excluding carboxylic acids is 1. The molecule has 1 rings (SSSR count). The van der Waals surface area contributed by atoms with Gasteiger partial charge in [0, 0.05) is 6.54 Å². The Morgan fingerprint density at radius 1 is 1.79 bits per heavy atom. The monoisotopic (exact) mass is 194 g/mol. The van der Waals surface area contributed by atoms with Crippen LogP contribution in [0.1, 0.15) is 13.3 Å². The molecule has 1 aliphatic rings. The molecule has 4 heteroatoms. The molecule has 1 aliphatic carbocycles. The first kappa shape index (κ1) is 10.5. The van der Waals surface area contributed by atoms with Crippen LogP contribution in [0.25, 0.3) is 0 Å². The lowest BCUT2D eigenvalue weighted by Gasteiger charge is -2.06. The molecule has 0 unspecified atom stereocenters. The van der Waals surface area contributed by atoms with Gasteiger partial charge in [-0.05, 0) is 25.0 Å². The predicted molar refractivity (Wildman–Crippen MR) is 54.2 cm³/mol. The molecule has 4 nitrogen and oxygen atoms in total. The van der Waals surface area contributed by atoms with Crippen LogP contribution < -0.4 is 5.32 Å². The summed E-state index contributed by atoms with van der Waals surface area (Å²) in [7, 11) is 1.39. The number of ether oxygens (including phenoxy) is 1. The molecule has 76 valence electrons. The highest BCUT2D eigenvalue weighted by atomic mass is 16.5. The van der Waals surface area contributed by atoms with Gasteiger partial charge in [0.05, 0.1) is 7.11 Å². The lowest BCUT2D eigenvalue weighted by molar-refractivity contribution is -0.117. The molecule has 0 saturated heterocycles. The van der Waals surface area contributed by atoms with Crippen LogP contribution in [-0.2, 0) is 9.53 Å². The van der Waals surface area contributed by atoms with Crippen molar-refractivity contribution in [1.29, 1.82) is 5.41 Å². The zero-order valence-electron chi connectivity index (χ0n) is 8.39. The number of carbonyl (C=O) groups is 1. The molecule has 0 atom stereocenters. The summed E-state index contributed by atoms with van der Waals surface area (Å²) in [5.74, 6) is -0.351. The van der Waals surface area contributed by atoms with E-state index in [9.17, 15) is 4.79 Å². The predicted octanol–water partition coefficient (Wildman–Crippen LogP) is 1.00. The highest BCUT2D eigenvalue weighted by Gasteiger charge is 2.17. The number of amides is 1. The second-order valence-corrected chi connectivity index (χ2v) is 2.93. The van der Waals surface area contributed by atoms with E-state index in [4.69, 9.17) is 10.1 Å². The average molecular weight is 194 g/mol. The van der Waals surface area contributed by atoms with E-state index < -0.39 is 0 Å². The molecular weight excluding hydrogens is 180 g/mol. The number of hydrogen-bond acceptors (Lipinski definition) is 3. The topological polar surface area (TPSA) is 62.2 Å². The summed E-state index contributed by atoms with van der Waals surface area (Å²) in [5, 5.41) is 10.1. The van der Waals surface area contributed by atoms with Gasteiger partial charge in [0.25, 0.3) is 5.91 Å². The Bertz CT molecular complexity index is 316. The Kier molecular flexibility index (Phi) is 3.45. The fourth-order valence-corrected chi connectivity index (χ4v) is 0.962. The smallest absolute Gasteiger partial charge is 0.256 e. The number of methoxy groups -OCH3 is 1. The summed E-state index contributed by atoms with van der Waals surface area (Å²) in [6.45, 7) is 2.38. The van der Waals surface area contributed by atoms with Crippen LogP contribution in [0.3, 0.4) is 0 Å². The number of nitrogens with one attached hydrogen (secondary N) is 2. The highest BCUT2D eigenvalue weighted by molar-refractivity contribution is 6.17. The Labute approximate surface area is 83.1 Å². The minimum absolute atomic E-state index is 0.0937. The molecular formula is C10H14N2O2. The number of likely N-dealkylation sites (N-methyl/N-ethyl adjacent to an activating group) is 1. The van der Waals surface area contributed by atoms with E-state index in [0.29, 0.717) is 6.54 Å². The summed E-state index contributed by atoms with van der Waals surface area (Å²) in [5.41, 5.74) is 1.37. The van der Waals surface area contributed by atoms with E-state index in [-0.39, 0.29) is 17.4 Å². The quantitative estimate of drug-likeness (QED) is 0.398. The third-order valence-electron chi connectivity index (χ3n) is 1.80. The largest absolute Gasteiger partial charge is 0.481 e. The molecule has 14 heavy (non-hydrogen) atoms. The van der Waals surface area contributed by atoms with E-state index in [1.165, 1.54) is 7.11 Å². The van der Waals surface area contributed by atoms with Gasteiger partial charge in [0.2, 0.25) is 5.90 Å². The zero-order chi connectivity index (χ0) is 10.6. The van der Waals surface area contributed by atoms with Gasteiger partial charge in [-0.25, -0.2) is 0 Å². The molecule has 0 spiro atoms. The second kappa shape index (κ2) is 4.60. The van der Waals surface area contributed by atoms with Crippen LogP contribution in [0.15, 0.2) is 23.3 Å². The van der Waals surface area contributed by atoms with E-state index >= 15 is 0 Å². The van der Waals surface area contributed by atoms with Crippen molar-refractivity contribution in [2.24, 2.45) is 0 Å². The summed E-state index contributed by atoms with van der Waals surface area (Å²) >= 11 is 0. The van der Waals surface area contributed by atoms with Crippen molar-refractivity contribution in [3.8, 4) is 0 Å². The summed E-state index contributed by atoms with van der Waals surface area (Å²) in [6.07, 6.45) is 4.58. The first-order valence-electron chi connectivity index (χ1n) is 4.50. The summed E-state index contributed by atoms with van der Waals surface area (Å²) < 4.78 is 4.74. The molecule has 0 saturated carbocycles. The average Bonchev–Trinajstić information content (AvgIpc) is 2.97. The number of rotatable bonds is 4. The van der Waals surface area contributed by atoms with Gasteiger partial charge in [-0.15, -0.1) is 0 Å². The lowest BCUT2D eigenvalue weighted by Crippen LogP contribution is -2.28. The molecule has 0 aromatic rings. The molecule has 2 N–H and O–H groups in total. The maximum atomic E-state index is 11.5. The van der Waals surface area contributed by atoms with Gasteiger partial charge in [-0.3, -0.25) is 10.2 Å². The van der Waals surface area contributed by atoms with Crippen molar-refractivity contribution >= 4 is 11.8 Å². The fraction of sp³-hybridized carbons (Fsp3) is 0.400. The fourth-order valence-electron chi connectivity index (χ4n) is 0.962. The Morgan fingerprint density at radius 2 is 2.43 bits per heavy atom. The SMILES string of the molecule is CCNC(=O)/C(=C/C1=CC1)C(=N)OC.